The van der Waals surface area contributed by atoms with Crippen LogP contribution in [-0.4, -0.2) is 7.11 Å². The van der Waals surface area contributed by atoms with E-state index in [1.165, 1.54) is 11.1 Å². The number of ether oxygens (including phenoxy) is 1. The van der Waals surface area contributed by atoms with Gasteiger partial charge in [0.15, 0.2) is 0 Å². The normalized spacial score (nSPS) is 12.2. The Labute approximate surface area is 120 Å². The van der Waals surface area contributed by atoms with Gasteiger partial charge in [0.25, 0.3) is 0 Å². The number of aryl methyl sites for hydroxylation is 1. The highest BCUT2D eigenvalue weighted by atomic mass is 16.5. The molecule has 2 aromatic carbocycles. The molecule has 0 saturated heterocycles. The van der Waals surface area contributed by atoms with Crippen molar-refractivity contribution in [3.8, 4) is 5.75 Å². The summed E-state index contributed by atoms with van der Waals surface area (Å²) in [7, 11) is 1.67. The molecule has 0 aliphatic heterocycles. The van der Waals surface area contributed by atoms with E-state index in [2.05, 4.69) is 36.6 Å². The van der Waals surface area contributed by atoms with Crippen molar-refractivity contribution in [3.63, 3.8) is 0 Å². The lowest BCUT2D eigenvalue weighted by molar-refractivity contribution is 0.414. The molecule has 0 radical (unpaired) electrons. The summed E-state index contributed by atoms with van der Waals surface area (Å²) in [5, 5.41) is 0. The number of nitrogens with two attached hydrogens (primary N) is 1. The van der Waals surface area contributed by atoms with Crippen molar-refractivity contribution in [2.24, 2.45) is 5.84 Å². The summed E-state index contributed by atoms with van der Waals surface area (Å²) >= 11 is 0. The summed E-state index contributed by atoms with van der Waals surface area (Å²) in [4.78, 5) is 0. The van der Waals surface area contributed by atoms with Crippen LogP contribution in [0.25, 0.3) is 0 Å². The van der Waals surface area contributed by atoms with E-state index in [1.54, 1.807) is 7.11 Å². The third kappa shape index (κ3) is 3.59. The number of hydrogen-bond donors (Lipinski definition) is 2. The van der Waals surface area contributed by atoms with Crippen LogP contribution in [-0.2, 0) is 12.8 Å². The largest absolute Gasteiger partial charge is 0.497 e. The van der Waals surface area contributed by atoms with Gasteiger partial charge < -0.3 is 4.74 Å². The molecule has 106 valence electrons. The summed E-state index contributed by atoms with van der Waals surface area (Å²) < 4.78 is 5.17. The van der Waals surface area contributed by atoms with Gasteiger partial charge >= 0.3 is 0 Å². The Morgan fingerprint density at radius 1 is 1.00 bits per heavy atom. The Kier molecular flexibility index (Phi) is 5.16. The average Bonchev–Trinajstić information content (AvgIpc) is 2.53. The van der Waals surface area contributed by atoms with Gasteiger partial charge in [-0.05, 0) is 41.7 Å². The molecule has 0 aliphatic carbocycles. The van der Waals surface area contributed by atoms with E-state index in [4.69, 9.17) is 10.6 Å². The van der Waals surface area contributed by atoms with Crippen LogP contribution in [0.2, 0.25) is 0 Å². The maximum atomic E-state index is 5.70. The lowest BCUT2D eigenvalue weighted by Crippen LogP contribution is -2.29. The molecule has 1 unspecified atom stereocenters. The molecule has 2 rings (SSSR count). The van der Waals surface area contributed by atoms with Crippen molar-refractivity contribution in [1.29, 1.82) is 0 Å². The molecule has 20 heavy (non-hydrogen) atoms. The predicted molar refractivity (Wildman–Crippen MR) is 82.6 cm³/mol. The van der Waals surface area contributed by atoms with Gasteiger partial charge in [-0.1, -0.05) is 43.3 Å². The van der Waals surface area contributed by atoms with Crippen LogP contribution in [0.3, 0.4) is 0 Å². The highest BCUT2D eigenvalue weighted by Gasteiger charge is 2.10. The van der Waals surface area contributed by atoms with Crippen molar-refractivity contribution >= 4 is 0 Å². The Balaban J connectivity index is 2.10. The zero-order chi connectivity index (χ0) is 14.4. The molecule has 0 bridgehead atoms. The fraction of sp³-hybridized carbons (Fsp3) is 0.294. The molecule has 0 fully saturated rings. The van der Waals surface area contributed by atoms with Gasteiger partial charge in [-0.2, -0.15) is 0 Å². The van der Waals surface area contributed by atoms with E-state index in [0.29, 0.717) is 0 Å². The van der Waals surface area contributed by atoms with Gasteiger partial charge in [-0.15, -0.1) is 0 Å². The summed E-state index contributed by atoms with van der Waals surface area (Å²) in [6, 6.07) is 16.8. The van der Waals surface area contributed by atoms with Gasteiger partial charge in [0.2, 0.25) is 0 Å². The molecule has 1 atom stereocenters. The van der Waals surface area contributed by atoms with Crippen molar-refractivity contribution in [2.45, 2.75) is 25.8 Å². The molecule has 0 spiro atoms. The predicted octanol–water partition coefficient (Wildman–Crippen LogP) is 3.00. The van der Waals surface area contributed by atoms with Crippen LogP contribution in [0.4, 0.5) is 0 Å². The topological polar surface area (TPSA) is 47.3 Å². The van der Waals surface area contributed by atoms with Crippen LogP contribution < -0.4 is 16.0 Å². The van der Waals surface area contributed by atoms with Crippen LogP contribution >= 0.6 is 0 Å². The maximum absolute atomic E-state index is 5.70. The van der Waals surface area contributed by atoms with E-state index >= 15 is 0 Å². The minimum atomic E-state index is 0.105. The highest BCUT2D eigenvalue weighted by Crippen LogP contribution is 2.21. The van der Waals surface area contributed by atoms with Gasteiger partial charge in [-0.25, -0.2) is 0 Å². The van der Waals surface area contributed by atoms with Crippen LogP contribution in [0.1, 0.15) is 29.7 Å². The number of hydrogen-bond acceptors (Lipinski definition) is 3. The maximum Gasteiger partial charge on any atom is 0.118 e. The fourth-order valence-electron chi connectivity index (χ4n) is 2.26. The lowest BCUT2D eigenvalue weighted by Gasteiger charge is -2.17. The van der Waals surface area contributed by atoms with Gasteiger partial charge in [0.1, 0.15) is 5.75 Å². The van der Waals surface area contributed by atoms with Crippen molar-refractivity contribution in [3.05, 3.63) is 65.2 Å². The second-order valence-corrected chi connectivity index (χ2v) is 4.87. The molecule has 0 aromatic heterocycles. The molecular weight excluding hydrogens is 248 g/mol. The molecular formula is C17H22N2O. The third-order valence-electron chi connectivity index (χ3n) is 3.59. The molecule has 0 saturated carbocycles. The average molecular weight is 270 g/mol. The zero-order valence-electron chi connectivity index (χ0n) is 12.1. The molecule has 0 aliphatic rings. The minimum Gasteiger partial charge on any atom is -0.497 e. The fourth-order valence-corrected chi connectivity index (χ4v) is 2.26. The Bertz CT molecular complexity index is 520. The number of benzene rings is 2. The quantitative estimate of drug-likeness (QED) is 0.626. The Morgan fingerprint density at radius 3 is 2.10 bits per heavy atom. The van der Waals surface area contributed by atoms with Gasteiger partial charge in [0, 0.05) is 6.04 Å². The standard InChI is InChI=1S/C17H22N2O/c1-3-13-4-6-14(7-5-13)12-17(19-18)15-8-10-16(20-2)11-9-15/h4-11,17,19H,3,12,18H2,1-2H3. The molecule has 3 nitrogen and oxygen atoms in total. The van der Waals surface area contributed by atoms with Crippen molar-refractivity contribution < 1.29 is 4.74 Å². The van der Waals surface area contributed by atoms with E-state index in [0.717, 1.165) is 24.2 Å². The van der Waals surface area contributed by atoms with Gasteiger partial charge in [0.05, 0.1) is 7.11 Å². The first-order valence-electron chi connectivity index (χ1n) is 6.94. The van der Waals surface area contributed by atoms with E-state index in [1.807, 2.05) is 24.3 Å². The first kappa shape index (κ1) is 14.6. The first-order valence-corrected chi connectivity index (χ1v) is 6.94. The minimum absolute atomic E-state index is 0.105. The Morgan fingerprint density at radius 2 is 1.60 bits per heavy atom. The van der Waals surface area contributed by atoms with E-state index < -0.39 is 0 Å². The highest BCUT2D eigenvalue weighted by molar-refractivity contribution is 5.31. The number of rotatable bonds is 6. The SMILES string of the molecule is CCc1ccc(CC(NN)c2ccc(OC)cc2)cc1. The van der Waals surface area contributed by atoms with E-state index in [9.17, 15) is 0 Å². The second kappa shape index (κ2) is 7.08. The third-order valence-corrected chi connectivity index (χ3v) is 3.59. The second-order valence-electron chi connectivity index (χ2n) is 4.87. The summed E-state index contributed by atoms with van der Waals surface area (Å²) in [5.41, 5.74) is 6.69. The summed E-state index contributed by atoms with van der Waals surface area (Å²) in [6.07, 6.45) is 1.93. The van der Waals surface area contributed by atoms with Crippen LogP contribution in [0, 0.1) is 0 Å². The molecule has 3 N–H and O–H groups in total. The first-order chi connectivity index (χ1) is 9.76. The molecule has 0 amide bonds. The Hall–Kier alpha value is -1.84. The summed E-state index contributed by atoms with van der Waals surface area (Å²) in [6.45, 7) is 2.16. The number of nitrogens with one attached hydrogen (secondary N) is 1. The van der Waals surface area contributed by atoms with Crippen LogP contribution in [0.15, 0.2) is 48.5 Å². The molecule has 3 heteroatoms. The van der Waals surface area contributed by atoms with E-state index in [-0.39, 0.29) is 6.04 Å². The van der Waals surface area contributed by atoms with Crippen molar-refractivity contribution in [1.82, 2.24) is 5.43 Å². The van der Waals surface area contributed by atoms with Crippen molar-refractivity contribution in [2.75, 3.05) is 7.11 Å². The monoisotopic (exact) mass is 270 g/mol. The molecule has 2 aromatic rings. The van der Waals surface area contributed by atoms with Gasteiger partial charge in [-0.3, -0.25) is 11.3 Å². The smallest absolute Gasteiger partial charge is 0.118 e. The number of hydrazine groups is 1. The number of methoxy groups -OCH3 is 1. The summed E-state index contributed by atoms with van der Waals surface area (Å²) in [5.74, 6) is 6.56. The lowest BCUT2D eigenvalue weighted by atomic mass is 9.98. The zero-order valence-corrected chi connectivity index (χ0v) is 12.1. The molecule has 0 heterocycles. The van der Waals surface area contributed by atoms with Crippen LogP contribution in [0.5, 0.6) is 5.75 Å².